The number of nitrogens with one attached hydrogen (secondary N) is 1. The fraction of sp³-hybridized carbons (Fsp3) is 0.0833. The van der Waals surface area contributed by atoms with E-state index >= 15 is 0 Å². The van der Waals surface area contributed by atoms with Gasteiger partial charge in [0.25, 0.3) is 0 Å². The molecule has 0 aliphatic carbocycles. The van der Waals surface area contributed by atoms with Crippen molar-refractivity contribution in [3.63, 3.8) is 0 Å². The van der Waals surface area contributed by atoms with Crippen molar-refractivity contribution >= 4 is 23.0 Å². The number of nitrogens with two attached hydrogens (primary N) is 1. The van der Waals surface area contributed by atoms with Crippen LogP contribution in [0.3, 0.4) is 0 Å². The highest BCUT2D eigenvalue weighted by molar-refractivity contribution is 6.31. The predicted octanol–water partition coefficient (Wildman–Crippen LogP) is 2.93. The fourth-order valence-electron chi connectivity index (χ4n) is 1.38. The molecule has 3 N–H and O–H groups in total. The topological polar surface area (TPSA) is 50.9 Å². The predicted molar refractivity (Wildman–Crippen MR) is 67.4 cm³/mol. The van der Waals surface area contributed by atoms with Gasteiger partial charge in [-0.15, -0.1) is 0 Å². The van der Waals surface area contributed by atoms with Gasteiger partial charge in [-0.2, -0.15) is 0 Å². The number of pyridine rings is 1. The molecular weight excluding hydrogens is 222 g/mol. The molecule has 0 fully saturated rings. The number of hydrogen-bond acceptors (Lipinski definition) is 3. The number of halogens is 1. The first-order chi connectivity index (χ1) is 7.75. The van der Waals surface area contributed by atoms with E-state index in [1.165, 1.54) is 0 Å². The Bertz CT molecular complexity index is 471. The summed E-state index contributed by atoms with van der Waals surface area (Å²) in [4.78, 5) is 3.96. The van der Waals surface area contributed by atoms with Crippen molar-refractivity contribution in [2.75, 3.05) is 11.1 Å². The number of nitrogen functional groups attached to an aromatic ring is 1. The molecule has 0 radical (unpaired) electrons. The van der Waals surface area contributed by atoms with Gasteiger partial charge in [0.1, 0.15) is 0 Å². The zero-order valence-electron chi connectivity index (χ0n) is 8.65. The molecule has 1 aromatic heterocycles. The molecular formula is C12H12ClN3. The molecule has 4 heteroatoms. The summed E-state index contributed by atoms with van der Waals surface area (Å²) in [5, 5.41) is 3.91. The fourth-order valence-corrected chi connectivity index (χ4v) is 1.55. The van der Waals surface area contributed by atoms with Gasteiger partial charge < -0.3 is 11.1 Å². The normalized spacial score (nSPS) is 10.1. The molecule has 0 aliphatic rings. The molecule has 0 amide bonds. The zero-order valence-corrected chi connectivity index (χ0v) is 9.41. The van der Waals surface area contributed by atoms with E-state index in [0.29, 0.717) is 17.3 Å². The Morgan fingerprint density at radius 1 is 1.19 bits per heavy atom. The smallest absolute Gasteiger partial charge is 0.0591 e. The molecule has 1 heterocycles. The monoisotopic (exact) mass is 233 g/mol. The van der Waals surface area contributed by atoms with Gasteiger partial charge in [0.05, 0.1) is 11.4 Å². The van der Waals surface area contributed by atoms with Crippen LogP contribution in [0.25, 0.3) is 0 Å². The van der Waals surface area contributed by atoms with Crippen LogP contribution in [0, 0.1) is 0 Å². The molecule has 1 aromatic carbocycles. The van der Waals surface area contributed by atoms with Gasteiger partial charge in [-0.05, 0) is 35.9 Å². The van der Waals surface area contributed by atoms with Gasteiger partial charge in [0.15, 0.2) is 0 Å². The maximum absolute atomic E-state index is 5.89. The van der Waals surface area contributed by atoms with Crippen LogP contribution in [0.2, 0.25) is 5.02 Å². The standard InChI is InChI=1S/C12H12ClN3/c13-10-1-2-11(14)12(7-10)16-8-9-3-5-15-6-4-9/h1-7,16H,8,14H2. The molecule has 0 spiro atoms. The van der Waals surface area contributed by atoms with Gasteiger partial charge in [0, 0.05) is 24.0 Å². The first-order valence-corrected chi connectivity index (χ1v) is 5.31. The summed E-state index contributed by atoms with van der Waals surface area (Å²) in [6.45, 7) is 0.701. The van der Waals surface area contributed by atoms with Crippen molar-refractivity contribution in [3.05, 3.63) is 53.3 Å². The molecule has 0 saturated carbocycles. The van der Waals surface area contributed by atoms with Gasteiger partial charge in [0.2, 0.25) is 0 Å². The van der Waals surface area contributed by atoms with E-state index < -0.39 is 0 Å². The largest absolute Gasteiger partial charge is 0.397 e. The van der Waals surface area contributed by atoms with E-state index in [2.05, 4.69) is 10.3 Å². The van der Waals surface area contributed by atoms with Crippen molar-refractivity contribution in [1.29, 1.82) is 0 Å². The van der Waals surface area contributed by atoms with Gasteiger partial charge in [-0.25, -0.2) is 0 Å². The quantitative estimate of drug-likeness (QED) is 0.802. The minimum absolute atomic E-state index is 0.673. The number of anilines is 2. The molecule has 82 valence electrons. The van der Waals surface area contributed by atoms with Crippen LogP contribution >= 0.6 is 11.6 Å². The number of nitrogens with zero attached hydrogens (tertiary/aromatic N) is 1. The highest BCUT2D eigenvalue weighted by Crippen LogP contribution is 2.23. The first-order valence-electron chi connectivity index (χ1n) is 4.93. The molecule has 0 saturated heterocycles. The molecule has 2 aromatic rings. The summed E-state index contributed by atoms with van der Waals surface area (Å²) in [6.07, 6.45) is 3.52. The van der Waals surface area contributed by atoms with Crippen LogP contribution in [0.4, 0.5) is 11.4 Å². The van der Waals surface area contributed by atoms with E-state index in [1.54, 1.807) is 24.5 Å². The van der Waals surface area contributed by atoms with Crippen LogP contribution in [-0.4, -0.2) is 4.98 Å². The molecule has 16 heavy (non-hydrogen) atoms. The van der Waals surface area contributed by atoms with Crippen LogP contribution in [0.5, 0.6) is 0 Å². The van der Waals surface area contributed by atoms with Gasteiger partial charge in [-0.3, -0.25) is 4.98 Å². The Kier molecular flexibility index (Phi) is 3.27. The maximum atomic E-state index is 5.89. The van der Waals surface area contributed by atoms with E-state index in [1.807, 2.05) is 18.2 Å². The highest BCUT2D eigenvalue weighted by Gasteiger charge is 1.99. The van der Waals surface area contributed by atoms with Gasteiger partial charge in [-0.1, -0.05) is 11.6 Å². The minimum Gasteiger partial charge on any atom is -0.397 e. The van der Waals surface area contributed by atoms with Crippen molar-refractivity contribution in [3.8, 4) is 0 Å². The van der Waals surface area contributed by atoms with Crippen LogP contribution in [0.1, 0.15) is 5.56 Å². The third-order valence-corrected chi connectivity index (χ3v) is 2.48. The maximum Gasteiger partial charge on any atom is 0.0591 e. The zero-order chi connectivity index (χ0) is 11.4. The second-order valence-corrected chi connectivity index (χ2v) is 3.88. The lowest BCUT2D eigenvalue weighted by atomic mass is 10.2. The van der Waals surface area contributed by atoms with E-state index in [-0.39, 0.29) is 0 Å². The lowest BCUT2D eigenvalue weighted by Crippen LogP contribution is -2.02. The lowest BCUT2D eigenvalue weighted by molar-refractivity contribution is 1.13. The summed E-state index contributed by atoms with van der Waals surface area (Å²) in [7, 11) is 0. The molecule has 3 nitrogen and oxygen atoms in total. The summed E-state index contributed by atoms with van der Waals surface area (Å²) in [6, 6.07) is 9.28. The number of aromatic nitrogens is 1. The van der Waals surface area contributed by atoms with Crippen molar-refractivity contribution in [2.24, 2.45) is 0 Å². The van der Waals surface area contributed by atoms with Crippen LogP contribution < -0.4 is 11.1 Å². The minimum atomic E-state index is 0.673. The Hall–Kier alpha value is -1.74. The Morgan fingerprint density at radius 3 is 2.69 bits per heavy atom. The van der Waals surface area contributed by atoms with Crippen molar-refractivity contribution in [2.45, 2.75) is 6.54 Å². The Balaban J connectivity index is 2.08. The van der Waals surface area contributed by atoms with Crippen molar-refractivity contribution in [1.82, 2.24) is 4.98 Å². The molecule has 0 unspecified atom stereocenters. The summed E-state index contributed by atoms with van der Waals surface area (Å²) < 4.78 is 0. The average Bonchev–Trinajstić information content (AvgIpc) is 2.32. The summed E-state index contributed by atoms with van der Waals surface area (Å²) in [5.74, 6) is 0. The first kappa shape index (κ1) is 10.8. The lowest BCUT2D eigenvalue weighted by Gasteiger charge is -2.09. The van der Waals surface area contributed by atoms with Crippen LogP contribution in [-0.2, 0) is 6.54 Å². The average molecular weight is 234 g/mol. The second-order valence-electron chi connectivity index (χ2n) is 3.44. The number of rotatable bonds is 3. The Morgan fingerprint density at radius 2 is 1.94 bits per heavy atom. The Labute approximate surface area is 99.3 Å². The molecule has 0 bridgehead atoms. The van der Waals surface area contributed by atoms with E-state index in [9.17, 15) is 0 Å². The van der Waals surface area contributed by atoms with E-state index in [0.717, 1.165) is 11.3 Å². The second kappa shape index (κ2) is 4.86. The third kappa shape index (κ3) is 2.64. The number of benzene rings is 1. The summed E-state index contributed by atoms with van der Waals surface area (Å²) in [5.41, 5.74) is 8.51. The number of hydrogen-bond donors (Lipinski definition) is 2. The van der Waals surface area contributed by atoms with Crippen LogP contribution in [0.15, 0.2) is 42.7 Å². The molecule has 2 rings (SSSR count). The van der Waals surface area contributed by atoms with Crippen molar-refractivity contribution < 1.29 is 0 Å². The third-order valence-electron chi connectivity index (χ3n) is 2.25. The molecule has 0 aliphatic heterocycles. The van der Waals surface area contributed by atoms with E-state index in [4.69, 9.17) is 17.3 Å². The molecule has 0 atom stereocenters. The highest BCUT2D eigenvalue weighted by atomic mass is 35.5. The summed E-state index contributed by atoms with van der Waals surface area (Å²) >= 11 is 5.89. The van der Waals surface area contributed by atoms with Gasteiger partial charge >= 0.3 is 0 Å². The SMILES string of the molecule is Nc1ccc(Cl)cc1NCc1ccncc1.